The van der Waals surface area contributed by atoms with E-state index < -0.39 is 8.07 Å². The van der Waals surface area contributed by atoms with Crippen LogP contribution in [-0.2, 0) is 11.5 Å². The van der Waals surface area contributed by atoms with Gasteiger partial charge in [0.25, 0.3) is 0 Å². The largest absolute Gasteiger partial charge is 0.360 e. The van der Waals surface area contributed by atoms with Crippen molar-refractivity contribution in [2.24, 2.45) is 0 Å². The van der Waals surface area contributed by atoms with E-state index in [1.807, 2.05) is 0 Å². The van der Waals surface area contributed by atoms with Gasteiger partial charge in [0.05, 0.1) is 5.69 Å². The summed E-state index contributed by atoms with van der Waals surface area (Å²) >= 11 is 0. The van der Waals surface area contributed by atoms with Gasteiger partial charge in [0.1, 0.15) is 6.73 Å². The first-order valence-electron chi connectivity index (χ1n) is 8.72. The van der Waals surface area contributed by atoms with Gasteiger partial charge in [-0.3, -0.25) is 0 Å². The second-order valence-electron chi connectivity index (χ2n) is 8.50. The lowest BCUT2D eigenvalue weighted by atomic mass is 9.91. The van der Waals surface area contributed by atoms with Crippen molar-refractivity contribution >= 4 is 8.07 Å². The van der Waals surface area contributed by atoms with E-state index in [-0.39, 0.29) is 0 Å². The number of nitrogens with zero attached hydrogens (tertiary/aromatic N) is 2. The van der Waals surface area contributed by atoms with Gasteiger partial charge in [-0.15, -0.1) is 0 Å². The summed E-state index contributed by atoms with van der Waals surface area (Å²) in [5.41, 5.74) is 4.03. The molecule has 0 aliphatic heterocycles. The zero-order chi connectivity index (χ0) is 17.1. The quantitative estimate of drug-likeness (QED) is 0.462. The van der Waals surface area contributed by atoms with Crippen molar-refractivity contribution in [2.75, 3.05) is 6.61 Å². The van der Waals surface area contributed by atoms with E-state index in [4.69, 9.17) is 9.84 Å². The van der Waals surface area contributed by atoms with Crippen LogP contribution in [0.4, 0.5) is 0 Å². The van der Waals surface area contributed by atoms with Gasteiger partial charge in [0, 0.05) is 20.4 Å². The summed E-state index contributed by atoms with van der Waals surface area (Å²) in [5, 5.41) is 4.89. The number of aromatic nitrogens is 2. The summed E-state index contributed by atoms with van der Waals surface area (Å²) < 4.78 is 8.06. The van der Waals surface area contributed by atoms with E-state index in [2.05, 4.69) is 65.9 Å². The maximum absolute atomic E-state index is 5.95. The molecule has 1 aromatic heterocycles. The molecule has 0 spiro atoms. The minimum absolute atomic E-state index is 0.457. The van der Waals surface area contributed by atoms with Gasteiger partial charge in [-0.2, -0.15) is 5.10 Å². The Morgan fingerprint density at radius 3 is 1.95 bits per heavy atom. The first kappa shape index (κ1) is 19.4. The Morgan fingerprint density at radius 2 is 1.55 bits per heavy atom. The average molecular weight is 325 g/mol. The molecule has 1 aromatic rings. The van der Waals surface area contributed by atoms with E-state index in [9.17, 15) is 0 Å². The van der Waals surface area contributed by atoms with Crippen molar-refractivity contribution in [2.45, 2.75) is 91.7 Å². The number of ether oxygens (including phenoxy) is 1. The van der Waals surface area contributed by atoms with Gasteiger partial charge < -0.3 is 4.74 Å². The van der Waals surface area contributed by atoms with Gasteiger partial charge in [0.2, 0.25) is 0 Å². The van der Waals surface area contributed by atoms with E-state index in [1.54, 1.807) is 0 Å². The lowest BCUT2D eigenvalue weighted by Gasteiger charge is -2.17. The van der Waals surface area contributed by atoms with Crippen LogP contribution in [0.5, 0.6) is 0 Å². The molecule has 0 aromatic carbocycles. The van der Waals surface area contributed by atoms with Crippen LogP contribution in [0.15, 0.2) is 0 Å². The van der Waals surface area contributed by atoms with Crippen LogP contribution in [-0.4, -0.2) is 24.5 Å². The van der Waals surface area contributed by atoms with Crippen LogP contribution in [0.3, 0.4) is 0 Å². The van der Waals surface area contributed by atoms with Crippen molar-refractivity contribution in [3.8, 4) is 0 Å². The van der Waals surface area contributed by atoms with Crippen LogP contribution >= 0.6 is 0 Å². The summed E-state index contributed by atoms with van der Waals surface area (Å²) in [4.78, 5) is 0. The highest BCUT2D eigenvalue weighted by molar-refractivity contribution is 6.76. The summed E-state index contributed by atoms with van der Waals surface area (Å²) in [6.45, 7) is 22.1. The SMILES string of the molecule is CC(C)c1nn(COCC[Si](C)(C)C)c(C(C)C)c1C(C)C. The normalized spacial score (nSPS) is 12.9. The molecule has 0 radical (unpaired) electrons. The van der Waals surface area contributed by atoms with Crippen molar-refractivity contribution < 1.29 is 4.74 Å². The van der Waals surface area contributed by atoms with E-state index >= 15 is 0 Å². The second kappa shape index (κ2) is 7.78. The molecule has 0 saturated heterocycles. The molecule has 0 fully saturated rings. The smallest absolute Gasteiger partial charge is 0.139 e. The molecule has 4 heteroatoms. The maximum atomic E-state index is 5.95. The summed E-state index contributed by atoms with van der Waals surface area (Å²) in [5.74, 6) is 1.43. The number of hydrogen-bond donors (Lipinski definition) is 0. The third-order valence-corrected chi connectivity index (χ3v) is 5.64. The monoisotopic (exact) mass is 324 g/mol. The fourth-order valence-electron chi connectivity index (χ4n) is 2.76. The van der Waals surface area contributed by atoms with E-state index in [0.717, 1.165) is 6.61 Å². The van der Waals surface area contributed by atoms with E-state index in [0.29, 0.717) is 24.5 Å². The molecular weight excluding hydrogens is 288 g/mol. The molecule has 0 bridgehead atoms. The molecule has 1 rings (SSSR count). The number of hydrogen-bond acceptors (Lipinski definition) is 2. The molecule has 128 valence electrons. The predicted octanol–water partition coefficient (Wildman–Crippen LogP) is 5.57. The highest BCUT2D eigenvalue weighted by Gasteiger charge is 2.24. The van der Waals surface area contributed by atoms with Crippen molar-refractivity contribution in [1.29, 1.82) is 0 Å². The molecular formula is C18H36N2OSi. The number of rotatable bonds is 8. The molecule has 1 heterocycles. The van der Waals surface area contributed by atoms with Gasteiger partial charge >= 0.3 is 0 Å². The second-order valence-corrected chi connectivity index (χ2v) is 14.1. The van der Waals surface area contributed by atoms with Crippen molar-refractivity contribution in [3.05, 3.63) is 17.0 Å². The molecule has 0 atom stereocenters. The molecule has 22 heavy (non-hydrogen) atoms. The molecule has 3 nitrogen and oxygen atoms in total. The first-order valence-corrected chi connectivity index (χ1v) is 12.4. The van der Waals surface area contributed by atoms with Gasteiger partial charge in [-0.05, 0) is 29.4 Å². The maximum Gasteiger partial charge on any atom is 0.139 e. The minimum Gasteiger partial charge on any atom is -0.360 e. The van der Waals surface area contributed by atoms with Crippen LogP contribution in [0.25, 0.3) is 0 Å². The van der Waals surface area contributed by atoms with Crippen molar-refractivity contribution in [3.63, 3.8) is 0 Å². The highest BCUT2D eigenvalue weighted by atomic mass is 28.3. The van der Waals surface area contributed by atoms with Crippen LogP contribution in [0.2, 0.25) is 25.7 Å². The Morgan fingerprint density at radius 1 is 0.955 bits per heavy atom. The molecule has 0 aliphatic rings. The van der Waals surface area contributed by atoms with E-state index in [1.165, 1.54) is 23.0 Å². The molecule has 0 saturated carbocycles. The van der Waals surface area contributed by atoms with Gasteiger partial charge in [0.15, 0.2) is 0 Å². The van der Waals surface area contributed by atoms with Gasteiger partial charge in [-0.25, -0.2) is 4.68 Å². The van der Waals surface area contributed by atoms with Crippen LogP contribution in [0, 0.1) is 0 Å². The molecule has 0 aliphatic carbocycles. The Kier molecular flexibility index (Phi) is 6.87. The Labute approximate surface area is 138 Å². The predicted molar refractivity (Wildman–Crippen MR) is 98.6 cm³/mol. The Hall–Kier alpha value is -0.613. The van der Waals surface area contributed by atoms with Gasteiger partial charge in [-0.1, -0.05) is 61.2 Å². The molecule has 0 amide bonds. The Balaban J connectivity index is 2.96. The zero-order valence-electron chi connectivity index (χ0n) is 16.2. The fraction of sp³-hybridized carbons (Fsp3) is 0.833. The zero-order valence-corrected chi connectivity index (χ0v) is 17.2. The van der Waals surface area contributed by atoms with Crippen LogP contribution in [0.1, 0.15) is 76.2 Å². The standard InChI is InChI=1S/C18H36N2OSi/c1-13(2)16-17(14(3)4)19-20(18(16)15(5)6)12-21-10-11-22(7,8)9/h13-15H,10-12H2,1-9H3. The summed E-state index contributed by atoms with van der Waals surface area (Å²) in [6.07, 6.45) is 0. The third-order valence-electron chi connectivity index (χ3n) is 3.94. The Bertz CT molecular complexity index is 470. The average Bonchev–Trinajstić information content (AvgIpc) is 2.73. The van der Waals surface area contributed by atoms with Crippen LogP contribution < -0.4 is 0 Å². The van der Waals surface area contributed by atoms with Crippen molar-refractivity contribution in [1.82, 2.24) is 9.78 Å². The topological polar surface area (TPSA) is 27.1 Å². The molecule has 0 N–H and O–H groups in total. The summed E-state index contributed by atoms with van der Waals surface area (Å²) in [7, 11) is -1.03. The summed E-state index contributed by atoms with van der Waals surface area (Å²) in [6, 6.07) is 1.21. The third kappa shape index (κ3) is 5.23. The minimum atomic E-state index is -1.03. The lowest BCUT2D eigenvalue weighted by molar-refractivity contribution is 0.0755. The highest BCUT2D eigenvalue weighted by Crippen LogP contribution is 2.33. The lowest BCUT2D eigenvalue weighted by Crippen LogP contribution is -2.22. The molecule has 0 unspecified atom stereocenters. The fourth-order valence-corrected chi connectivity index (χ4v) is 3.52. The first-order chi connectivity index (χ1) is 10.0.